The lowest BCUT2D eigenvalue weighted by Crippen LogP contribution is -2.32. The molecule has 1 aromatic rings. The molecule has 0 aromatic carbocycles. The van der Waals surface area contributed by atoms with Crippen molar-refractivity contribution >= 4 is 11.3 Å². The highest BCUT2D eigenvalue weighted by atomic mass is 32.1. The van der Waals surface area contributed by atoms with E-state index in [0.29, 0.717) is 0 Å². The molecule has 0 saturated heterocycles. The van der Waals surface area contributed by atoms with Crippen LogP contribution >= 0.6 is 11.3 Å². The fourth-order valence-electron chi connectivity index (χ4n) is 1.21. The van der Waals surface area contributed by atoms with Gasteiger partial charge in [-0.2, -0.15) is 0 Å². The molecule has 14 heavy (non-hydrogen) atoms. The first-order valence-corrected chi connectivity index (χ1v) is 5.89. The normalized spacial score (nSPS) is 11.9. The Bertz CT molecular complexity index is 238. The van der Waals surface area contributed by atoms with Crippen LogP contribution in [-0.4, -0.2) is 17.1 Å². The first kappa shape index (κ1) is 11.6. The van der Waals surface area contributed by atoms with Crippen molar-refractivity contribution < 1.29 is 0 Å². The van der Waals surface area contributed by atoms with Crippen LogP contribution in [0.15, 0.2) is 10.9 Å². The van der Waals surface area contributed by atoms with Crippen LogP contribution in [0.4, 0.5) is 0 Å². The van der Waals surface area contributed by atoms with Gasteiger partial charge in [0.25, 0.3) is 0 Å². The maximum Gasteiger partial charge on any atom is 0.0795 e. The first-order valence-electron chi connectivity index (χ1n) is 4.94. The molecule has 0 amide bonds. The van der Waals surface area contributed by atoms with E-state index < -0.39 is 0 Å². The Labute approximate surface area is 89.7 Å². The smallest absolute Gasteiger partial charge is 0.0795 e. The van der Waals surface area contributed by atoms with E-state index in [1.54, 1.807) is 11.3 Å². The quantitative estimate of drug-likeness (QED) is 0.708. The Morgan fingerprint density at radius 3 is 2.93 bits per heavy atom. The fraction of sp³-hybridized carbons (Fsp3) is 0.700. The SMILES string of the molecule is CC(C)(N)CCCNCc1cscn1. The minimum atomic E-state index is -0.0394. The Hall–Kier alpha value is -0.450. The van der Waals surface area contributed by atoms with Gasteiger partial charge in [0.15, 0.2) is 0 Å². The zero-order valence-electron chi connectivity index (χ0n) is 8.92. The highest BCUT2D eigenvalue weighted by Gasteiger charge is 2.08. The molecule has 0 atom stereocenters. The van der Waals surface area contributed by atoms with Gasteiger partial charge >= 0.3 is 0 Å². The average molecular weight is 213 g/mol. The molecule has 0 fully saturated rings. The Balaban J connectivity index is 2.00. The first-order chi connectivity index (χ1) is 6.58. The van der Waals surface area contributed by atoms with Gasteiger partial charge in [-0.05, 0) is 33.2 Å². The molecule has 0 aliphatic heterocycles. The summed E-state index contributed by atoms with van der Waals surface area (Å²) in [4.78, 5) is 4.19. The molecular formula is C10H19N3S. The third-order valence-electron chi connectivity index (χ3n) is 1.96. The Morgan fingerprint density at radius 1 is 1.57 bits per heavy atom. The summed E-state index contributed by atoms with van der Waals surface area (Å²) < 4.78 is 0. The maximum absolute atomic E-state index is 5.87. The number of aromatic nitrogens is 1. The van der Waals surface area contributed by atoms with Crippen LogP contribution in [-0.2, 0) is 6.54 Å². The van der Waals surface area contributed by atoms with E-state index in [1.807, 2.05) is 5.51 Å². The summed E-state index contributed by atoms with van der Waals surface area (Å²) in [5.41, 5.74) is 8.82. The average Bonchev–Trinajstić information content (AvgIpc) is 2.54. The minimum Gasteiger partial charge on any atom is -0.326 e. The van der Waals surface area contributed by atoms with Gasteiger partial charge in [-0.1, -0.05) is 0 Å². The van der Waals surface area contributed by atoms with E-state index in [2.05, 4.69) is 29.5 Å². The molecule has 0 aliphatic carbocycles. The summed E-state index contributed by atoms with van der Waals surface area (Å²) in [7, 11) is 0. The molecule has 0 saturated carbocycles. The molecule has 0 radical (unpaired) electrons. The lowest BCUT2D eigenvalue weighted by atomic mass is 10.0. The molecule has 0 spiro atoms. The Kier molecular flexibility index (Phi) is 4.51. The van der Waals surface area contributed by atoms with Gasteiger partial charge in [-0.3, -0.25) is 0 Å². The van der Waals surface area contributed by atoms with Gasteiger partial charge in [0.05, 0.1) is 11.2 Å². The second-order valence-electron chi connectivity index (χ2n) is 4.25. The third kappa shape index (κ3) is 5.32. The van der Waals surface area contributed by atoms with E-state index in [-0.39, 0.29) is 5.54 Å². The zero-order valence-corrected chi connectivity index (χ0v) is 9.73. The lowest BCUT2D eigenvalue weighted by molar-refractivity contribution is 0.448. The second-order valence-corrected chi connectivity index (χ2v) is 4.97. The van der Waals surface area contributed by atoms with Gasteiger partial charge in [-0.25, -0.2) is 4.98 Å². The highest BCUT2D eigenvalue weighted by Crippen LogP contribution is 2.06. The van der Waals surface area contributed by atoms with Crippen molar-refractivity contribution in [2.75, 3.05) is 6.54 Å². The molecule has 1 heterocycles. The van der Waals surface area contributed by atoms with Crippen LogP contribution in [0.3, 0.4) is 0 Å². The van der Waals surface area contributed by atoms with Crippen molar-refractivity contribution in [3.8, 4) is 0 Å². The van der Waals surface area contributed by atoms with Crippen LogP contribution in [0.1, 0.15) is 32.4 Å². The molecule has 4 heteroatoms. The third-order valence-corrected chi connectivity index (χ3v) is 2.60. The monoisotopic (exact) mass is 213 g/mol. The van der Waals surface area contributed by atoms with Crippen molar-refractivity contribution in [1.82, 2.24) is 10.3 Å². The van der Waals surface area contributed by atoms with Crippen LogP contribution in [0.25, 0.3) is 0 Å². The maximum atomic E-state index is 5.87. The molecule has 0 unspecified atom stereocenters. The molecule has 3 N–H and O–H groups in total. The summed E-state index contributed by atoms with van der Waals surface area (Å²) in [6.07, 6.45) is 2.17. The van der Waals surface area contributed by atoms with E-state index in [1.165, 1.54) is 0 Å². The number of nitrogens with zero attached hydrogens (tertiary/aromatic N) is 1. The molecule has 0 aliphatic rings. The number of hydrogen-bond acceptors (Lipinski definition) is 4. The Morgan fingerprint density at radius 2 is 2.36 bits per heavy atom. The minimum absolute atomic E-state index is 0.0394. The van der Waals surface area contributed by atoms with Gasteiger partial charge in [0.2, 0.25) is 0 Å². The van der Waals surface area contributed by atoms with Crippen LogP contribution in [0, 0.1) is 0 Å². The second kappa shape index (κ2) is 5.44. The van der Waals surface area contributed by atoms with Crippen LogP contribution < -0.4 is 11.1 Å². The summed E-state index contributed by atoms with van der Waals surface area (Å²) >= 11 is 1.64. The van der Waals surface area contributed by atoms with Crippen LogP contribution in [0.2, 0.25) is 0 Å². The predicted molar refractivity (Wildman–Crippen MR) is 61.3 cm³/mol. The lowest BCUT2D eigenvalue weighted by Gasteiger charge is -2.17. The van der Waals surface area contributed by atoms with Crippen molar-refractivity contribution in [2.45, 2.75) is 38.8 Å². The van der Waals surface area contributed by atoms with E-state index in [0.717, 1.165) is 31.6 Å². The van der Waals surface area contributed by atoms with E-state index >= 15 is 0 Å². The molecule has 80 valence electrons. The van der Waals surface area contributed by atoms with E-state index in [9.17, 15) is 0 Å². The van der Waals surface area contributed by atoms with Gasteiger partial charge in [0, 0.05) is 17.5 Å². The molecule has 1 rings (SSSR count). The summed E-state index contributed by atoms with van der Waals surface area (Å²) in [5.74, 6) is 0. The van der Waals surface area contributed by atoms with Gasteiger partial charge < -0.3 is 11.1 Å². The van der Waals surface area contributed by atoms with Crippen molar-refractivity contribution in [3.63, 3.8) is 0 Å². The fourth-order valence-corrected chi connectivity index (χ4v) is 1.77. The van der Waals surface area contributed by atoms with Crippen molar-refractivity contribution in [2.24, 2.45) is 5.73 Å². The standard InChI is InChI=1S/C10H19N3S/c1-10(2,11)4-3-5-12-6-9-7-14-8-13-9/h7-8,12H,3-6,11H2,1-2H3. The van der Waals surface area contributed by atoms with Gasteiger partial charge in [-0.15, -0.1) is 11.3 Å². The van der Waals surface area contributed by atoms with E-state index in [4.69, 9.17) is 5.73 Å². The summed E-state index contributed by atoms with van der Waals surface area (Å²) in [6, 6.07) is 0. The predicted octanol–water partition coefficient (Wildman–Crippen LogP) is 1.75. The van der Waals surface area contributed by atoms with Gasteiger partial charge in [0.1, 0.15) is 0 Å². The topological polar surface area (TPSA) is 50.9 Å². The van der Waals surface area contributed by atoms with Crippen molar-refractivity contribution in [1.29, 1.82) is 0 Å². The molecule has 0 bridgehead atoms. The number of rotatable bonds is 6. The number of nitrogens with two attached hydrogens (primary N) is 1. The summed E-state index contributed by atoms with van der Waals surface area (Å²) in [5, 5.41) is 5.42. The van der Waals surface area contributed by atoms with Crippen molar-refractivity contribution in [3.05, 3.63) is 16.6 Å². The molecule has 1 aromatic heterocycles. The number of nitrogens with one attached hydrogen (secondary N) is 1. The number of thiazole rings is 1. The highest BCUT2D eigenvalue weighted by molar-refractivity contribution is 7.07. The zero-order chi connectivity index (χ0) is 10.4. The molecular weight excluding hydrogens is 194 g/mol. The molecule has 3 nitrogen and oxygen atoms in total. The largest absolute Gasteiger partial charge is 0.326 e. The number of hydrogen-bond donors (Lipinski definition) is 2. The van der Waals surface area contributed by atoms with Crippen LogP contribution in [0.5, 0.6) is 0 Å². The summed E-state index contributed by atoms with van der Waals surface area (Å²) in [6.45, 7) is 6.01.